The molecular formula is C19H25N3O5S. The number of fused-ring (bicyclic) bond motifs is 1. The second-order valence-electron chi connectivity index (χ2n) is 6.50. The SMILES string of the molecule is CC[C@@H](C)C(=O)Nc1c(C(=O)OC)sc2nc(CN(C)CC(=O)OC)ccc12. The van der Waals surface area contributed by atoms with Crippen LogP contribution in [0.3, 0.4) is 0 Å². The lowest BCUT2D eigenvalue weighted by atomic mass is 10.1. The quantitative estimate of drug-likeness (QED) is 0.672. The summed E-state index contributed by atoms with van der Waals surface area (Å²) in [7, 11) is 4.43. The van der Waals surface area contributed by atoms with Crippen LogP contribution in [0.4, 0.5) is 5.69 Å². The third-order valence-electron chi connectivity index (χ3n) is 4.35. The van der Waals surface area contributed by atoms with Gasteiger partial charge in [-0.3, -0.25) is 14.5 Å². The van der Waals surface area contributed by atoms with E-state index in [4.69, 9.17) is 4.74 Å². The third kappa shape index (κ3) is 5.05. The molecular weight excluding hydrogens is 382 g/mol. The molecule has 152 valence electrons. The van der Waals surface area contributed by atoms with Gasteiger partial charge in [0.1, 0.15) is 9.71 Å². The van der Waals surface area contributed by atoms with Crippen LogP contribution in [0.2, 0.25) is 0 Å². The fourth-order valence-electron chi connectivity index (χ4n) is 2.51. The molecule has 0 bridgehead atoms. The van der Waals surface area contributed by atoms with Gasteiger partial charge in [-0.05, 0) is 25.6 Å². The Morgan fingerprint density at radius 2 is 1.96 bits per heavy atom. The molecule has 1 N–H and O–H groups in total. The molecule has 0 fully saturated rings. The molecule has 1 amide bonds. The number of anilines is 1. The highest BCUT2D eigenvalue weighted by Gasteiger charge is 2.23. The second kappa shape index (κ2) is 9.61. The van der Waals surface area contributed by atoms with Crippen LogP contribution in [0, 0.1) is 5.92 Å². The monoisotopic (exact) mass is 407 g/mol. The molecule has 0 radical (unpaired) electrons. The Morgan fingerprint density at radius 3 is 2.57 bits per heavy atom. The van der Waals surface area contributed by atoms with Gasteiger partial charge in [-0.25, -0.2) is 9.78 Å². The van der Waals surface area contributed by atoms with E-state index in [-0.39, 0.29) is 24.3 Å². The number of methoxy groups -OCH3 is 2. The van der Waals surface area contributed by atoms with Crippen molar-refractivity contribution < 1.29 is 23.9 Å². The second-order valence-corrected chi connectivity index (χ2v) is 7.50. The van der Waals surface area contributed by atoms with Gasteiger partial charge in [-0.15, -0.1) is 11.3 Å². The van der Waals surface area contributed by atoms with E-state index in [1.807, 2.05) is 26.0 Å². The van der Waals surface area contributed by atoms with Crippen molar-refractivity contribution in [1.29, 1.82) is 0 Å². The maximum atomic E-state index is 12.4. The minimum atomic E-state index is -0.521. The van der Waals surface area contributed by atoms with Gasteiger partial charge < -0.3 is 14.8 Å². The third-order valence-corrected chi connectivity index (χ3v) is 5.43. The van der Waals surface area contributed by atoms with Gasteiger partial charge in [0.05, 0.1) is 32.1 Å². The van der Waals surface area contributed by atoms with Crippen LogP contribution in [0.1, 0.15) is 35.6 Å². The zero-order chi connectivity index (χ0) is 20.8. The summed E-state index contributed by atoms with van der Waals surface area (Å²) in [5.41, 5.74) is 1.16. The number of thiophene rings is 1. The van der Waals surface area contributed by atoms with Crippen LogP contribution in [0.15, 0.2) is 12.1 Å². The van der Waals surface area contributed by atoms with E-state index in [9.17, 15) is 14.4 Å². The molecule has 1 atom stereocenters. The summed E-state index contributed by atoms with van der Waals surface area (Å²) in [6.07, 6.45) is 0.691. The van der Waals surface area contributed by atoms with Crippen molar-refractivity contribution in [2.75, 3.05) is 33.1 Å². The zero-order valence-electron chi connectivity index (χ0n) is 16.7. The predicted octanol–water partition coefficient (Wildman–Crippen LogP) is 2.67. The standard InChI is InChI=1S/C19H25N3O5S/c1-6-11(2)17(24)21-15-13-8-7-12(9-22(3)10-14(23)26-4)20-18(13)28-16(15)19(25)27-5/h7-8,11H,6,9-10H2,1-5H3,(H,21,24)/t11-/m1/s1. The fourth-order valence-corrected chi connectivity index (χ4v) is 3.58. The normalized spacial score (nSPS) is 12.1. The van der Waals surface area contributed by atoms with Gasteiger partial charge in [0.2, 0.25) is 5.91 Å². The molecule has 28 heavy (non-hydrogen) atoms. The number of hydrogen-bond donors (Lipinski definition) is 1. The number of nitrogens with zero attached hydrogens (tertiary/aromatic N) is 2. The first-order valence-electron chi connectivity index (χ1n) is 8.87. The van der Waals surface area contributed by atoms with E-state index in [0.29, 0.717) is 33.7 Å². The molecule has 0 aliphatic carbocycles. The number of carbonyl (C=O) groups is 3. The van der Waals surface area contributed by atoms with Crippen molar-refractivity contribution in [2.24, 2.45) is 5.92 Å². The first-order valence-corrected chi connectivity index (χ1v) is 9.69. The van der Waals surface area contributed by atoms with Crippen molar-refractivity contribution in [3.8, 4) is 0 Å². The number of hydrogen-bond acceptors (Lipinski definition) is 8. The summed E-state index contributed by atoms with van der Waals surface area (Å²) in [5, 5.41) is 3.53. The number of amides is 1. The van der Waals surface area contributed by atoms with Crippen LogP contribution < -0.4 is 5.32 Å². The number of aromatic nitrogens is 1. The summed E-state index contributed by atoms with van der Waals surface area (Å²) >= 11 is 1.17. The van der Waals surface area contributed by atoms with Gasteiger partial charge in [0, 0.05) is 17.8 Å². The molecule has 2 aromatic heterocycles. The Kier molecular flexibility index (Phi) is 7.47. The minimum Gasteiger partial charge on any atom is -0.468 e. The molecule has 0 saturated carbocycles. The topological polar surface area (TPSA) is 97.8 Å². The van der Waals surface area contributed by atoms with Crippen molar-refractivity contribution in [1.82, 2.24) is 9.88 Å². The van der Waals surface area contributed by atoms with E-state index >= 15 is 0 Å². The van der Waals surface area contributed by atoms with Crippen molar-refractivity contribution in [3.63, 3.8) is 0 Å². The maximum absolute atomic E-state index is 12.4. The van der Waals surface area contributed by atoms with E-state index in [0.717, 1.165) is 5.69 Å². The molecule has 0 spiro atoms. The Morgan fingerprint density at radius 1 is 1.25 bits per heavy atom. The zero-order valence-corrected chi connectivity index (χ0v) is 17.5. The summed E-state index contributed by atoms with van der Waals surface area (Å²) < 4.78 is 9.52. The largest absolute Gasteiger partial charge is 0.468 e. The maximum Gasteiger partial charge on any atom is 0.350 e. The molecule has 2 rings (SSSR count). The minimum absolute atomic E-state index is 0.143. The highest BCUT2D eigenvalue weighted by molar-refractivity contribution is 7.21. The molecule has 2 aromatic rings. The summed E-state index contributed by atoms with van der Waals surface area (Å²) in [4.78, 5) is 43.2. The first kappa shape index (κ1) is 21.8. The molecule has 0 unspecified atom stereocenters. The lowest BCUT2D eigenvalue weighted by Gasteiger charge is -2.14. The number of pyridine rings is 1. The van der Waals surface area contributed by atoms with Gasteiger partial charge >= 0.3 is 11.9 Å². The Labute approximate surface area is 167 Å². The Hall–Kier alpha value is -2.52. The highest BCUT2D eigenvalue weighted by atomic mass is 32.1. The number of esters is 2. The molecule has 0 saturated heterocycles. The summed E-state index contributed by atoms with van der Waals surface area (Å²) in [6, 6.07) is 3.63. The van der Waals surface area contributed by atoms with Gasteiger partial charge in [0.25, 0.3) is 0 Å². The number of likely N-dealkylation sites (N-methyl/N-ethyl adjacent to an activating group) is 1. The molecule has 0 aromatic carbocycles. The lowest BCUT2D eigenvalue weighted by molar-refractivity contribution is -0.141. The summed E-state index contributed by atoms with van der Waals surface area (Å²) in [6.45, 7) is 4.33. The number of nitrogens with one attached hydrogen (secondary N) is 1. The van der Waals surface area contributed by atoms with Crippen molar-refractivity contribution in [3.05, 3.63) is 22.7 Å². The summed E-state index contributed by atoms with van der Waals surface area (Å²) in [5.74, 6) is -1.19. The van der Waals surface area contributed by atoms with Crippen LogP contribution in [-0.2, 0) is 25.6 Å². The van der Waals surface area contributed by atoms with Gasteiger partial charge in [0.15, 0.2) is 0 Å². The van der Waals surface area contributed by atoms with Crippen LogP contribution in [-0.4, -0.2) is 55.5 Å². The average molecular weight is 407 g/mol. The molecule has 0 aliphatic rings. The van der Waals surface area contributed by atoms with Crippen molar-refractivity contribution in [2.45, 2.75) is 26.8 Å². The molecule has 9 heteroatoms. The van der Waals surface area contributed by atoms with E-state index in [2.05, 4.69) is 15.0 Å². The predicted molar refractivity (Wildman–Crippen MR) is 107 cm³/mol. The fraction of sp³-hybridized carbons (Fsp3) is 0.474. The van der Waals surface area contributed by atoms with Crippen LogP contribution in [0.25, 0.3) is 10.2 Å². The smallest absolute Gasteiger partial charge is 0.350 e. The number of rotatable bonds is 8. The van der Waals surface area contributed by atoms with E-state index < -0.39 is 5.97 Å². The molecule has 8 nitrogen and oxygen atoms in total. The average Bonchev–Trinajstić information content (AvgIpc) is 3.03. The highest BCUT2D eigenvalue weighted by Crippen LogP contribution is 2.36. The first-order chi connectivity index (χ1) is 13.3. The van der Waals surface area contributed by atoms with Crippen molar-refractivity contribution >= 4 is 45.1 Å². The van der Waals surface area contributed by atoms with Crippen LogP contribution >= 0.6 is 11.3 Å². The van der Waals surface area contributed by atoms with E-state index in [1.54, 1.807) is 11.9 Å². The van der Waals surface area contributed by atoms with E-state index in [1.165, 1.54) is 25.6 Å². The van der Waals surface area contributed by atoms with Gasteiger partial charge in [-0.1, -0.05) is 13.8 Å². The van der Waals surface area contributed by atoms with Crippen LogP contribution in [0.5, 0.6) is 0 Å². The molecule has 2 heterocycles. The Balaban J connectivity index is 2.36. The molecule has 0 aliphatic heterocycles. The number of carbonyl (C=O) groups excluding carboxylic acids is 3. The van der Waals surface area contributed by atoms with Gasteiger partial charge in [-0.2, -0.15) is 0 Å². The number of ether oxygens (including phenoxy) is 2. The lowest BCUT2D eigenvalue weighted by Crippen LogP contribution is -2.26. The Bertz CT molecular complexity index is 880.